The van der Waals surface area contributed by atoms with E-state index in [0.717, 1.165) is 18.5 Å². The van der Waals surface area contributed by atoms with Crippen molar-refractivity contribution in [3.8, 4) is 11.6 Å². The third kappa shape index (κ3) is 3.65. The Hall–Kier alpha value is -3.00. The van der Waals surface area contributed by atoms with Gasteiger partial charge in [0.15, 0.2) is 5.69 Å². The molecule has 2 unspecified atom stereocenters. The number of carbonyl (C=O) groups excluding carboxylic acids is 1. The third-order valence-corrected chi connectivity index (χ3v) is 6.66. The fourth-order valence-electron chi connectivity index (χ4n) is 4.62. The lowest BCUT2D eigenvalue weighted by Gasteiger charge is -2.57. The predicted molar refractivity (Wildman–Crippen MR) is 114 cm³/mol. The number of halogens is 1. The van der Waals surface area contributed by atoms with Gasteiger partial charge in [-0.3, -0.25) is 4.79 Å². The van der Waals surface area contributed by atoms with E-state index >= 15 is 0 Å². The summed E-state index contributed by atoms with van der Waals surface area (Å²) in [5.41, 5.74) is 1.71. The first-order valence-electron chi connectivity index (χ1n) is 10.4. The number of pyridine rings is 2. The summed E-state index contributed by atoms with van der Waals surface area (Å²) in [6, 6.07) is 7.32. The number of amides is 1. The Bertz CT molecular complexity index is 1080. The summed E-state index contributed by atoms with van der Waals surface area (Å²) in [7, 11) is 0. The molecule has 1 amide bonds. The van der Waals surface area contributed by atoms with Gasteiger partial charge in [-0.25, -0.2) is 9.97 Å². The maximum atomic E-state index is 13.8. The maximum Gasteiger partial charge on any atom is 0.275 e. The van der Waals surface area contributed by atoms with Crippen molar-refractivity contribution in [1.82, 2.24) is 29.9 Å². The minimum atomic E-state index is -0.108. The summed E-state index contributed by atoms with van der Waals surface area (Å²) in [6.45, 7) is 4.45. The van der Waals surface area contributed by atoms with E-state index in [0.29, 0.717) is 40.7 Å². The second-order valence-electron chi connectivity index (χ2n) is 8.29. The third-order valence-electron chi connectivity index (χ3n) is 6.44. The number of ether oxygens (including phenoxy) is 1. The van der Waals surface area contributed by atoms with Crippen LogP contribution in [0.5, 0.6) is 5.88 Å². The molecule has 1 aliphatic carbocycles. The molecule has 6 rings (SSSR count). The lowest BCUT2D eigenvalue weighted by molar-refractivity contribution is -0.0677. The van der Waals surface area contributed by atoms with Gasteiger partial charge in [0, 0.05) is 24.0 Å². The summed E-state index contributed by atoms with van der Waals surface area (Å²) in [5.74, 6) is 1.32. The van der Waals surface area contributed by atoms with Crippen LogP contribution in [-0.2, 0) is 0 Å². The molecule has 9 heteroatoms. The summed E-state index contributed by atoms with van der Waals surface area (Å²) in [6.07, 6.45) is 6.77. The van der Waals surface area contributed by atoms with Crippen molar-refractivity contribution in [2.75, 3.05) is 6.61 Å². The van der Waals surface area contributed by atoms with Crippen molar-refractivity contribution in [3.05, 3.63) is 59.3 Å². The quantitative estimate of drug-likeness (QED) is 0.607. The van der Waals surface area contributed by atoms with Gasteiger partial charge in [0.05, 0.1) is 23.5 Å². The maximum absolute atomic E-state index is 13.8. The molecule has 3 aliphatic rings. The first-order chi connectivity index (χ1) is 15.0. The molecule has 0 spiro atoms. The average Bonchev–Trinajstić information content (AvgIpc) is 3.27. The standard InChI is InChI=1S/C22H23ClN6O2/c1-13-3-5-18(29-25-7-8-26-29)21(27-13)22(30)28-17-9-15(10-17)14(2)19(28)12-31-20-6-4-16(23)11-24-20/h3-8,11,14-15,17,19H,9-10,12H2,1-2H3. The van der Waals surface area contributed by atoms with Crippen LogP contribution in [0, 0.1) is 18.8 Å². The van der Waals surface area contributed by atoms with Crippen molar-refractivity contribution in [2.45, 2.75) is 38.8 Å². The van der Waals surface area contributed by atoms with Crippen molar-refractivity contribution >= 4 is 17.5 Å². The first-order valence-corrected chi connectivity index (χ1v) is 10.8. The normalized spacial score (nSPS) is 24.5. The van der Waals surface area contributed by atoms with E-state index in [2.05, 4.69) is 27.1 Å². The molecule has 2 saturated heterocycles. The van der Waals surface area contributed by atoms with E-state index in [1.807, 2.05) is 24.0 Å². The highest BCUT2D eigenvalue weighted by molar-refractivity contribution is 6.30. The van der Waals surface area contributed by atoms with E-state index in [9.17, 15) is 4.79 Å². The Morgan fingerprint density at radius 2 is 1.97 bits per heavy atom. The molecular formula is C22H23ClN6O2. The lowest BCUT2D eigenvalue weighted by atomic mass is 9.64. The number of hydrogen-bond acceptors (Lipinski definition) is 6. The molecule has 160 valence electrons. The fourth-order valence-corrected chi connectivity index (χ4v) is 4.73. The molecule has 3 aromatic rings. The second-order valence-corrected chi connectivity index (χ2v) is 8.73. The molecule has 1 saturated carbocycles. The van der Waals surface area contributed by atoms with Crippen LogP contribution in [-0.4, -0.2) is 54.5 Å². The Morgan fingerprint density at radius 1 is 1.19 bits per heavy atom. The molecule has 0 radical (unpaired) electrons. The Labute approximate surface area is 185 Å². The van der Waals surface area contributed by atoms with E-state index in [1.165, 1.54) is 4.80 Å². The van der Waals surface area contributed by atoms with Crippen LogP contribution in [0.1, 0.15) is 35.9 Å². The number of nitrogens with zero attached hydrogens (tertiary/aromatic N) is 6. The molecular weight excluding hydrogens is 416 g/mol. The summed E-state index contributed by atoms with van der Waals surface area (Å²) in [4.78, 5) is 26.0. The zero-order valence-corrected chi connectivity index (χ0v) is 18.1. The van der Waals surface area contributed by atoms with Gasteiger partial charge in [-0.15, -0.1) is 4.80 Å². The molecule has 0 aromatic carbocycles. The number of aryl methyl sites for hydroxylation is 1. The molecule has 2 bridgehead atoms. The number of piperidine rings is 2. The minimum Gasteiger partial charge on any atom is -0.475 e. The Balaban J connectivity index is 1.45. The van der Waals surface area contributed by atoms with E-state index in [1.54, 1.807) is 30.7 Å². The molecule has 5 heterocycles. The van der Waals surface area contributed by atoms with Gasteiger partial charge in [0.1, 0.15) is 12.3 Å². The second kappa shape index (κ2) is 7.92. The smallest absolute Gasteiger partial charge is 0.275 e. The highest BCUT2D eigenvalue weighted by Gasteiger charge is 2.51. The molecule has 3 fully saturated rings. The van der Waals surface area contributed by atoms with Gasteiger partial charge >= 0.3 is 0 Å². The lowest BCUT2D eigenvalue weighted by Crippen LogP contribution is -2.64. The Morgan fingerprint density at radius 3 is 2.68 bits per heavy atom. The summed E-state index contributed by atoms with van der Waals surface area (Å²) < 4.78 is 5.97. The predicted octanol–water partition coefficient (Wildman–Crippen LogP) is 3.34. The SMILES string of the molecule is Cc1ccc(-n2nccn2)c(C(=O)N2C3CC(C3)C(C)C2COc2ccc(Cl)cn2)n1. The van der Waals surface area contributed by atoms with Gasteiger partial charge < -0.3 is 9.64 Å². The van der Waals surface area contributed by atoms with E-state index in [-0.39, 0.29) is 18.0 Å². The number of hydrogen-bond donors (Lipinski definition) is 0. The zero-order valence-electron chi connectivity index (χ0n) is 17.3. The molecule has 0 N–H and O–H groups in total. The van der Waals surface area contributed by atoms with Gasteiger partial charge in [-0.05, 0) is 49.8 Å². The number of fused-ring (bicyclic) bond motifs is 2. The van der Waals surface area contributed by atoms with Gasteiger partial charge in [0.25, 0.3) is 5.91 Å². The molecule has 3 aromatic heterocycles. The van der Waals surface area contributed by atoms with Crippen molar-refractivity contribution in [2.24, 2.45) is 11.8 Å². The van der Waals surface area contributed by atoms with Crippen molar-refractivity contribution in [3.63, 3.8) is 0 Å². The van der Waals surface area contributed by atoms with Crippen LogP contribution in [0.4, 0.5) is 0 Å². The van der Waals surface area contributed by atoms with Crippen molar-refractivity contribution < 1.29 is 9.53 Å². The van der Waals surface area contributed by atoms with Crippen LogP contribution < -0.4 is 4.74 Å². The highest BCUT2D eigenvalue weighted by Crippen LogP contribution is 2.47. The monoisotopic (exact) mass is 438 g/mol. The van der Waals surface area contributed by atoms with Crippen LogP contribution in [0.2, 0.25) is 5.02 Å². The van der Waals surface area contributed by atoms with Gasteiger partial charge in [-0.2, -0.15) is 10.2 Å². The van der Waals surface area contributed by atoms with E-state index < -0.39 is 0 Å². The topological polar surface area (TPSA) is 86.0 Å². The molecule has 2 atom stereocenters. The minimum absolute atomic E-state index is 0.0665. The van der Waals surface area contributed by atoms with Crippen LogP contribution in [0.15, 0.2) is 42.9 Å². The Kier molecular flexibility index (Phi) is 5.09. The van der Waals surface area contributed by atoms with Crippen molar-refractivity contribution in [1.29, 1.82) is 0 Å². The largest absolute Gasteiger partial charge is 0.475 e. The summed E-state index contributed by atoms with van der Waals surface area (Å²) in [5, 5.41) is 8.96. The number of carbonyl (C=O) groups is 1. The van der Waals surface area contributed by atoms with Crippen LogP contribution in [0.3, 0.4) is 0 Å². The first kappa shape index (κ1) is 19.9. The van der Waals surface area contributed by atoms with Gasteiger partial charge in [0.2, 0.25) is 5.88 Å². The fraction of sp³-hybridized carbons (Fsp3) is 0.409. The molecule has 8 nitrogen and oxygen atoms in total. The number of rotatable bonds is 5. The molecule has 31 heavy (non-hydrogen) atoms. The van der Waals surface area contributed by atoms with Crippen LogP contribution >= 0.6 is 11.6 Å². The molecule has 2 aliphatic heterocycles. The van der Waals surface area contributed by atoms with Crippen LogP contribution in [0.25, 0.3) is 5.69 Å². The average molecular weight is 439 g/mol. The van der Waals surface area contributed by atoms with Gasteiger partial charge in [-0.1, -0.05) is 18.5 Å². The zero-order chi connectivity index (χ0) is 21.5. The number of aromatic nitrogens is 5. The highest BCUT2D eigenvalue weighted by atomic mass is 35.5. The summed E-state index contributed by atoms with van der Waals surface area (Å²) >= 11 is 5.92. The van der Waals surface area contributed by atoms with E-state index in [4.69, 9.17) is 16.3 Å².